The summed E-state index contributed by atoms with van der Waals surface area (Å²) >= 11 is 1.11. The van der Waals surface area contributed by atoms with Gasteiger partial charge >= 0.3 is 0 Å². The molecule has 1 aliphatic rings. The molecule has 1 aromatic rings. The highest BCUT2D eigenvalue weighted by Gasteiger charge is 2.27. The topological polar surface area (TPSA) is 94.3 Å². The Morgan fingerprint density at radius 2 is 2.30 bits per heavy atom. The van der Waals surface area contributed by atoms with E-state index in [4.69, 9.17) is 10.5 Å². The molecule has 6 nitrogen and oxygen atoms in total. The minimum absolute atomic E-state index is 0.0905. The molecule has 2 heterocycles. The van der Waals surface area contributed by atoms with E-state index in [-0.39, 0.29) is 22.6 Å². The Morgan fingerprint density at radius 1 is 1.55 bits per heavy atom. The molecule has 0 saturated carbocycles. The van der Waals surface area contributed by atoms with Gasteiger partial charge < -0.3 is 15.8 Å². The molecule has 0 bridgehead atoms. The number of hydrogen-bond acceptors (Lipinski definition) is 7. The zero-order chi connectivity index (χ0) is 14.8. The Bertz CT molecular complexity index is 556. The molecule has 0 radical (unpaired) electrons. The van der Waals surface area contributed by atoms with E-state index in [0.717, 1.165) is 24.6 Å². The fourth-order valence-electron chi connectivity index (χ4n) is 2.35. The number of nitrogens with zero attached hydrogens (tertiary/aromatic N) is 1. The van der Waals surface area contributed by atoms with Crippen molar-refractivity contribution in [3.8, 4) is 0 Å². The standard InChI is InChI=1S/C12H21N3O3S2/c1-3-6-20(16,17)10-11(13)15-19-12(10)14-7-9-4-5-18-8(9)2/h8-9,14H,3-7H2,1-2H3,(H2,13,15). The number of ether oxygens (including phenoxy) is 1. The Hall–Kier alpha value is -0.860. The third-order valence-electron chi connectivity index (χ3n) is 3.52. The van der Waals surface area contributed by atoms with Gasteiger partial charge in [0.05, 0.1) is 11.9 Å². The van der Waals surface area contributed by atoms with Gasteiger partial charge in [-0.1, -0.05) is 6.92 Å². The SMILES string of the molecule is CCCS(=O)(=O)c1c(N)nsc1NCC1CCOC1C. The van der Waals surface area contributed by atoms with Crippen molar-refractivity contribution < 1.29 is 13.2 Å². The summed E-state index contributed by atoms with van der Waals surface area (Å²) in [5, 5.41) is 3.74. The molecule has 0 amide bonds. The van der Waals surface area contributed by atoms with Crippen LogP contribution in [0.3, 0.4) is 0 Å². The molecule has 0 aliphatic carbocycles. The number of nitrogens with one attached hydrogen (secondary N) is 1. The van der Waals surface area contributed by atoms with Crippen molar-refractivity contribution in [2.45, 2.75) is 37.7 Å². The first kappa shape index (κ1) is 15.5. The van der Waals surface area contributed by atoms with Crippen LogP contribution in [0.4, 0.5) is 10.8 Å². The summed E-state index contributed by atoms with van der Waals surface area (Å²) in [6, 6.07) is 0. The average molecular weight is 319 g/mol. The molecular formula is C12H21N3O3S2. The van der Waals surface area contributed by atoms with Gasteiger partial charge in [0, 0.05) is 19.1 Å². The fourth-order valence-corrected chi connectivity index (χ4v) is 4.97. The number of sulfone groups is 1. The van der Waals surface area contributed by atoms with E-state index in [1.54, 1.807) is 0 Å². The smallest absolute Gasteiger partial charge is 0.185 e. The summed E-state index contributed by atoms with van der Waals surface area (Å²) in [6.07, 6.45) is 1.74. The van der Waals surface area contributed by atoms with Crippen LogP contribution < -0.4 is 11.1 Å². The molecule has 2 unspecified atom stereocenters. The van der Waals surface area contributed by atoms with Gasteiger partial charge in [0.25, 0.3) is 0 Å². The summed E-state index contributed by atoms with van der Waals surface area (Å²) in [5.41, 5.74) is 5.72. The minimum Gasteiger partial charge on any atom is -0.382 e. The zero-order valence-electron chi connectivity index (χ0n) is 11.8. The summed E-state index contributed by atoms with van der Waals surface area (Å²) < 4.78 is 33.9. The van der Waals surface area contributed by atoms with Crippen LogP contribution in [0.2, 0.25) is 0 Å². The van der Waals surface area contributed by atoms with Crippen LogP contribution in [-0.2, 0) is 14.6 Å². The highest BCUT2D eigenvalue weighted by atomic mass is 32.2. The monoisotopic (exact) mass is 319 g/mol. The molecule has 1 fully saturated rings. The largest absolute Gasteiger partial charge is 0.382 e. The van der Waals surface area contributed by atoms with Crippen LogP contribution in [0.5, 0.6) is 0 Å². The van der Waals surface area contributed by atoms with E-state index in [1.807, 2.05) is 13.8 Å². The van der Waals surface area contributed by atoms with Gasteiger partial charge in [-0.05, 0) is 31.3 Å². The van der Waals surface area contributed by atoms with Crippen molar-refractivity contribution in [2.24, 2.45) is 5.92 Å². The molecule has 2 rings (SSSR count). The lowest BCUT2D eigenvalue weighted by Gasteiger charge is -2.15. The first-order valence-electron chi connectivity index (χ1n) is 6.79. The second kappa shape index (κ2) is 6.28. The Morgan fingerprint density at radius 3 is 2.90 bits per heavy atom. The van der Waals surface area contributed by atoms with Crippen molar-refractivity contribution in [3.05, 3.63) is 0 Å². The first-order valence-corrected chi connectivity index (χ1v) is 9.21. The van der Waals surface area contributed by atoms with Gasteiger partial charge in [-0.25, -0.2) is 8.42 Å². The van der Waals surface area contributed by atoms with Gasteiger partial charge in [0.15, 0.2) is 15.7 Å². The number of aromatic nitrogens is 1. The lowest BCUT2D eigenvalue weighted by Crippen LogP contribution is -2.21. The highest BCUT2D eigenvalue weighted by molar-refractivity contribution is 7.91. The number of nitrogen functional groups attached to an aromatic ring is 1. The second-order valence-electron chi connectivity index (χ2n) is 5.05. The predicted molar refractivity (Wildman–Crippen MR) is 80.9 cm³/mol. The second-order valence-corrected chi connectivity index (χ2v) is 7.87. The molecule has 0 spiro atoms. The molecule has 1 aromatic heterocycles. The fraction of sp³-hybridized carbons (Fsp3) is 0.750. The van der Waals surface area contributed by atoms with Crippen molar-refractivity contribution in [1.82, 2.24) is 4.37 Å². The summed E-state index contributed by atoms with van der Waals surface area (Å²) in [5.74, 6) is 0.578. The molecule has 3 N–H and O–H groups in total. The Labute approximate surface area is 123 Å². The van der Waals surface area contributed by atoms with E-state index in [0.29, 0.717) is 23.9 Å². The molecule has 114 valence electrons. The highest BCUT2D eigenvalue weighted by Crippen LogP contribution is 2.33. The molecule has 8 heteroatoms. The van der Waals surface area contributed by atoms with Gasteiger partial charge in [-0.2, -0.15) is 4.37 Å². The normalized spacial score (nSPS) is 23.1. The van der Waals surface area contributed by atoms with Crippen molar-refractivity contribution in [3.63, 3.8) is 0 Å². The third-order valence-corrected chi connectivity index (χ3v) is 6.45. The molecular weight excluding hydrogens is 298 g/mol. The number of anilines is 2. The molecule has 1 aliphatic heterocycles. The first-order chi connectivity index (χ1) is 9.45. The van der Waals surface area contributed by atoms with E-state index in [2.05, 4.69) is 9.69 Å². The van der Waals surface area contributed by atoms with Crippen LogP contribution in [0, 0.1) is 5.92 Å². The van der Waals surface area contributed by atoms with Gasteiger partial charge in [0.2, 0.25) is 0 Å². The Kier molecular flexibility index (Phi) is 4.87. The van der Waals surface area contributed by atoms with Crippen molar-refractivity contribution in [1.29, 1.82) is 0 Å². The summed E-state index contributed by atoms with van der Waals surface area (Å²) in [6.45, 7) is 5.31. The third kappa shape index (κ3) is 3.24. The maximum absolute atomic E-state index is 12.2. The van der Waals surface area contributed by atoms with Gasteiger partial charge in [0.1, 0.15) is 9.90 Å². The summed E-state index contributed by atoms with van der Waals surface area (Å²) in [4.78, 5) is 0.163. The van der Waals surface area contributed by atoms with E-state index in [1.165, 1.54) is 0 Å². The maximum Gasteiger partial charge on any atom is 0.185 e. The van der Waals surface area contributed by atoms with Crippen LogP contribution in [0.15, 0.2) is 4.90 Å². The maximum atomic E-state index is 12.2. The van der Waals surface area contributed by atoms with E-state index < -0.39 is 9.84 Å². The molecule has 20 heavy (non-hydrogen) atoms. The van der Waals surface area contributed by atoms with Gasteiger partial charge in [-0.15, -0.1) is 0 Å². The predicted octanol–water partition coefficient (Wildman–Crippen LogP) is 1.75. The lowest BCUT2D eigenvalue weighted by atomic mass is 10.0. The summed E-state index contributed by atoms with van der Waals surface area (Å²) in [7, 11) is -3.36. The average Bonchev–Trinajstić information content (AvgIpc) is 2.93. The zero-order valence-corrected chi connectivity index (χ0v) is 13.4. The molecule has 1 saturated heterocycles. The van der Waals surface area contributed by atoms with Crippen LogP contribution in [-0.4, -0.2) is 37.8 Å². The van der Waals surface area contributed by atoms with Crippen LogP contribution in [0.1, 0.15) is 26.7 Å². The van der Waals surface area contributed by atoms with Crippen LogP contribution in [0.25, 0.3) is 0 Å². The van der Waals surface area contributed by atoms with Crippen molar-refractivity contribution in [2.75, 3.05) is 30.0 Å². The number of nitrogens with two attached hydrogens (primary N) is 1. The number of hydrogen-bond donors (Lipinski definition) is 2. The molecule has 2 atom stereocenters. The van der Waals surface area contributed by atoms with Crippen LogP contribution >= 0.6 is 11.5 Å². The van der Waals surface area contributed by atoms with Gasteiger partial charge in [-0.3, -0.25) is 0 Å². The van der Waals surface area contributed by atoms with E-state index >= 15 is 0 Å². The minimum atomic E-state index is -3.36. The number of rotatable bonds is 6. The van der Waals surface area contributed by atoms with Crippen molar-refractivity contribution >= 4 is 32.2 Å². The molecule has 0 aromatic carbocycles. The lowest BCUT2D eigenvalue weighted by molar-refractivity contribution is 0.108. The quantitative estimate of drug-likeness (QED) is 0.829. The van der Waals surface area contributed by atoms with E-state index in [9.17, 15) is 8.42 Å². The Balaban J connectivity index is 2.13.